The zero-order chi connectivity index (χ0) is 9.26. The Morgan fingerprint density at radius 1 is 1.08 bits per heavy atom. The van der Waals surface area contributed by atoms with Gasteiger partial charge in [0.15, 0.2) is 0 Å². The van der Waals surface area contributed by atoms with Crippen LogP contribution in [0.4, 0.5) is 0 Å². The molecule has 66 valence electrons. The minimum absolute atomic E-state index is 1.13. The first-order valence-corrected chi connectivity index (χ1v) is 5.74. The van der Waals surface area contributed by atoms with Crippen LogP contribution in [-0.2, 0) is 0 Å². The molecule has 0 amide bonds. The predicted molar refractivity (Wildman–Crippen MR) is 62.2 cm³/mol. The Morgan fingerprint density at radius 3 is 2.31 bits per heavy atom. The number of halogens is 1. The van der Waals surface area contributed by atoms with Crippen LogP contribution in [0, 0.1) is 6.92 Å². The Labute approximate surface area is 90.4 Å². The minimum atomic E-state index is 1.13. The number of hydrogen-bond acceptors (Lipinski definition) is 1. The van der Waals surface area contributed by atoms with Crippen molar-refractivity contribution in [2.24, 2.45) is 0 Å². The zero-order valence-corrected chi connectivity index (χ0v) is 9.65. The van der Waals surface area contributed by atoms with E-state index in [0.717, 1.165) is 4.47 Å². The van der Waals surface area contributed by atoms with Gasteiger partial charge < -0.3 is 0 Å². The van der Waals surface area contributed by atoms with Crippen molar-refractivity contribution in [1.82, 2.24) is 0 Å². The average Bonchev–Trinajstić information content (AvgIpc) is 2.53. The van der Waals surface area contributed by atoms with Crippen molar-refractivity contribution in [3.63, 3.8) is 0 Å². The summed E-state index contributed by atoms with van der Waals surface area (Å²) in [5, 5.41) is 2.19. The maximum absolute atomic E-state index is 3.43. The Bertz CT molecular complexity index is 400. The molecule has 0 spiro atoms. The van der Waals surface area contributed by atoms with E-state index in [4.69, 9.17) is 0 Å². The first-order valence-electron chi connectivity index (χ1n) is 4.07. The molecule has 2 rings (SSSR count). The summed E-state index contributed by atoms with van der Waals surface area (Å²) in [6.45, 7) is 2.13. The van der Waals surface area contributed by atoms with Crippen molar-refractivity contribution in [1.29, 1.82) is 0 Å². The summed E-state index contributed by atoms with van der Waals surface area (Å²) in [6, 6.07) is 10.6. The van der Waals surface area contributed by atoms with Crippen molar-refractivity contribution in [2.75, 3.05) is 0 Å². The highest BCUT2D eigenvalue weighted by Gasteiger charge is 1.98. The van der Waals surface area contributed by atoms with Crippen LogP contribution in [0.2, 0.25) is 0 Å². The molecule has 0 aliphatic heterocycles. The molecule has 0 N–H and O–H groups in total. The summed E-state index contributed by atoms with van der Waals surface area (Å²) in [7, 11) is 0. The van der Waals surface area contributed by atoms with E-state index in [9.17, 15) is 0 Å². The van der Waals surface area contributed by atoms with Crippen molar-refractivity contribution in [3.05, 3.63) is 45.1 Å². The predicted octanol–water partition coefficient (Wildman–Crippen LogP) is 4.49. The van der Waals surface area contributed by atoms with Gasteiger partial charge in [0.05, 0.1) is 0 Å². The molecule has 2 aromatic rings. The molecule has 2 heteroatoms. The van der Waals surface area contributed by atoms with Crippen molar-refractivity contribution >= 4 is 27.3 Å². The van der Waals surface area contributed by atoms with Gasteiger partial charge in [0.25, 0.3) is 0 Å². The molecule has 0 fully saturated rings. The Balaban J connectivity index is 2.41. The van der Waals surface area contributed by atoms with Crippen molar-refractivity contribution in [2.45, 2.75) is 6.92 Å². The second kappa shape index (κ2) is 3.64. The maximum Gasteiger partial charge on any atom is 0.0175 e. The van der Waals surface area contributed by atoms with E-state index >= 15 is 0 Å². The molecule has 0 atom stereocenters. The van der Waals surface area contributed by atoms with Gasteiger partial charge in [0.2, 0.25) is 0 Å². The van der Waals surface area contributed by atoms with E-state index in [-0.39, 0.29) is 0 Å². The number of hydrogen-bond donors (Lipinski definition) is 0. The first-order chi connectivity index (χ1) is 6.25. The Hall–Kier alpha value is -0.600. The van der Waals surface area contributed by atoms with E-state index in [0.29, 0.717) is 0 Å². The van der Waals surface area contributed by atoms with Crippen molar-refractivity contribution in [3.8, 4) is 11.1 Å². The molecule has 0 unspecified atom stereocenters. The molecule has 13 heavy (non-hydrogen) atoms. The Kier molecular flexibility index (Phi) is 2.51. The fraction of sp³-hybridized carbons (Fsp3) is 0.0909. The minimum Gasteiger partial charge on any atom is -0.149 e. The lowest BCUT2D eigenvalue weighted by Gasteiger charge is -1.96. The SMILES string of the molecule is Cc1cc(-c2ccc(Br)cc2)cs1. The van der Waals surface area contributed by atoms with E-state index in [1.54, 1.807) is 11.3 Å². The highest BCUT2D eigenvalue weighted by atomic mass is 79.9. The Morgan fingerprint density at radius 2 is 1.77 bits per heavy atom. The topological polar surface area (TPSA) is 0 Å². The molecule has 0 bridgehead atoms. The summed E-state index contributed by atoms with van der Waals surface area (Å²) in [5.41, 5.74) is 2.60. The molecule has 1 heterocycles. The second-order valence-corrected chi connectivity index (χ2v) is 4.98. The third kappa shape index (κ3) is 2.01. The average molecular weight is 253 g/mol. The summed E-state index contributed by atoms with van der Waals surface area (Å²) in [5.74, 6) is 0. The van der Waals surface area contributed by atoms with Crippen LogP contribution in [0.25, 0.3) is 11.1 Å². The lowest BCUT2D eigenvalue weighted by Crippen LogP contribution is -1.71. The molecule has 0 nitrogen and oxygen atoms in total. The third-order valence-electron chi connectivity index (χ3n) is 1.91. The summed E-state index contributed by atoms with van der Waals surface area (Å²) >= 11 is 5.22. The molecule has 1 aromatic carbocycles. The molecular weight excluding hydrogens is 244 g/mol. The summed E-state index contributed by atoms with van der Waals surface area (Å²) < 4.78 is 1.13. The van der Waals surface area contributed by atoms with Gasteiger partial charge in [-0.15, -0.1) is 11.3 Å². The zero-order valence-electron chi connectivity index (χ0n) is 7.25. The highest BCUT2D eigenvalue weighted by Crippen LogP contribution is 2.26. The number of rotatable bonds is 1. The molecule has 0 aliphatic rings. The number of benzene rings is 1. The third-order valence-corrected chi connectivity index (χ3v) is 3.30. The maximum atomic E-state index is 3.43. The van der Waals surface area contributed by atoms with E-state index in [1.165, 1.54) is 16.0 Å². The van der Waals surface area contributed by atoms with E-state index in [1.807, 2.05) is 0 Å². The molecule has 1 aromatic heterocycles. The lowest BCUT2D eigenvalue weighted by atomic mass is 10.1. The molecule has 0 radical (unpaired) electrons. The van der Waals surface area contributed by atoms with Gasteiger partial charge in [-0.1, -0.05) is 28.1 Å². The first kappa shape index (κ1) is 8.97. The van der Waals surface area contributed by atoms with E-state index < -0.39 is 0 Å². The number of thiophene rings is 1. The summed E-state index contributed by atoms with van der Waals surface area (Å²) in [4.78, 5) is 1.36. The largest absolute Gasteiger partial charge is 0.149 e. The standard InChI is InChI=1S/C11H9BrS/c1-8-6-10(7-13-8)9-2-4-11(12)5-3-9/h2-7H,1H3. The smallest absolute Gasteiger partial charge is 0.0175 e. The van der Waals surface area contributed by atoms with Gasteiger partial charge in [-0.2, -0.15) is 0 Å². The van der Waals surface area contributed by atoms with Crippen LogP contribution in [0.3, 0.4) is 0 Å². The molecular formula is C11H9BrS. The number of aryl methyl sites for hydroxylation is 1. The second-order valence-electron chi connectivity index (χ2n) is 2.95. The quantitative estimate of drug-likeness (QED) is 0.702. The van der Waals surface area contributed by atoms with Crippen LogP contribution in [0.15, 0.2) is 40.2 Å². The molecule has 0 aliphatic carbocycles. The van der Waals surface area contributed by atoms with E-state index in [2.05, 4.69) is 58.6 Å². The normalized spacial score (nSPS) is 10.3. The van der Waals surface area contributed by atoms with Gasteiger partial charge in [-0.25, -0.2) is 0 Å². The van der Waals surface area contributed by atoms with Crippen molar-refractivity contribution < 1.29 is 0 Å². The van der Waals surface area contributed by atoms with Crippen LogP contribution in [0.5, 0.6) is 0 Å². The van der Waals surface area contributed by atoms with Gasteiger partial charge in [-0.3, -0.25) is 0 Å². The van der Waals surface area contributed by atoms with Crippen LogP contribution < -0.4 is 0 Å². The highest BCUT2D eigenvalue weighted by molar-refractivity contribution is 9.10. The molecule has 0 saturated heterocycles. The van der Waals surface area contributed by atoms with Gasteiger partial charge in [0.1, 0.15) is 0 Å². The van der Waals surface area contributed by atoms with Crippen LogP contribution in [-0.4, -0.2) is 0 Å². The fourth-order valence-electron chi connectivity index (χ4n) is 1.24. The van der Waals surface area contributed by atoms with Crippen LogP contribution in [0.1, 0.15) is 4.88 Å². The van der Waals surface area contributed by atoms with Gasteiger partial charge in [-0.05, 0) is 41.6 Å². The lowest BCUT2D eigenvalue weighted by molar-refractivity contribution is 1.60. The molecule has 0 saturated carbocycles. The van der Waals surface area contributed by atoms with Gasteiger partial charge in [0, 0.05) is 9.35 Å². The monoisotopic (exact) mass is 252 g/mol. The van der Waals surface area contributed by atoms with Crippen LogP contribution >= 0.6 is 27.3 Å². The summed E-state index contributed by atoms with van der Waals surface area (Å²) in [6.07, 6.45) is 0. The van der Waals surface area contributed by atoms with Gasteiger partial charge >= 0.3 is 0 Å². The fourth-order valence-corrected chi connectivity index (χ4v) is 2.21.